The van der Waals surface area contributed by atoms with Gasteiger partial charge in [-0.1, -0.05) is 6.07 Å². The van der Waals surface area contributed by atoms with E-state index in [1.54, 1.807) is 18.0 Å². The molecule has 1 unspecified atom stereocenters. The van der Waals surface area contributed by atoms with Crippen LogP contribution in [0.1, 0.15) is 31.4 Å². The Labute approximate surface area is 166 Å². The van der Waals surface area contributed by atoms with Crippen LogP contribution >= 0.6 is 0 Å². The van der Waals surface area contributed by atoms with Crippen LogP contribution in [0.2, 0.25) is 0 Å². The van der Waals surface area contributed by atoms with Crippen LogP contribution in [0.4, 0.5) is 4.79 Å². The summed E-state index contributed by atoms with van der Waals surface area (Å²) in [6, 6.07) is 7.65. The number of nitrogens with zero attached hydrogens (tertiary/aromatic N) is 4. The third kappa shape index (κ3) is 4.47. The molecule has 2 heterocycles. The van der Waals surface area contributed by atoms with Crippen molar-refractivity contribution in [2.75, 3.05) is 39.8 Å². The van der Waals surface area contributed by atoms with E-state index < -0.39 is 0 Å². The van der Waals surface area contributed by atoms with E-state index in [4.69, 9.17) is 4.74 Å². The molecule has 7 heteroatoms. The first-order valence-corrected chi connectivity index (χ1v) is 10.1. The normalized spacial score (nSPS) is 18.7. The Morgan fingerprint density at radius 3 is 2.79 bits per heavy atom. The molecule has 1 aliphatic heterocycles. The Morgan fingerprint density at radius 1 is 1.29 bits per heavy atom. The minimum absolute atomic E-state index is 0.00713. The number of carbonyl (C=O) groups excluding carboxylic acids is 1. The maximum atomic E-state index is 12.6. The molecule has 2 aromatic rings. The first-order valence-electron chi connectivity index (χ1n) is 10.1. The first kappa shape index (κ1) is 18.8. The van der Waals surface area contributed by atoms with Gasteiger partial charge in [-0.05, 0) is 37.8 Å². The molecular weight excluding hydrogens is 354 g/mol. The highest BCUT2D eigenvalue weighted by Crippen LogP contribution is 2.30. The molecule has 1 saturated carbocycles. The predicted molar refractivity (Wildman–Crippen MR) is 108 cm³/mol. The van der Waals surface area contributed by atoms with Crippen molar-refractivity contribution in [3.63, 3.8) is 0 Å². The number of aromatic nitrogens is 2. The summed E-state index contributed by atoms with van der Waals surface area (Å²) in [7, 11) is 1.65. The summed E-state index contributed by atoms with van der Waals surface area (Å²) in [4.78, 5) is 17.0. The van der Waals surface area contributed by atoms with E-state index in [9.17, 15) is 4.79 Å². The standard InChI is InChI=1S/C21H29N5O2/c1-16(18-13-22-26(15-18)19-4-3-5-20(12-19)28-2)23-21(27)25-10-8-24(9-11-25)14-17-6-7-17/h3-5,12-13,15-17H,6-11,14H2,1-2H3,(H,23,27). The van der Waals surface area contributed by atoms with Gasteiger partial charge < -0.3 is 15.0 Å². The lowest BCUT2D eigenvalue weighted by molar-refractivity contribution is 0.134. The molecule has 2 aliphatic rings. The lowest BCUT2D eigenvalue weighted by Gasteiger charge is -2.35. The van der Waals surface area contributed by atoms with Crippen molar-refractivity contribution in [1.29, 1.82) is 0 Å². The zero-order valence-corrected chi connectivity index (χ0v) is 16.7. The van der Waals surface area contributed by atoms with Crippen LogP contribution < -0.4 is 10.1 Å². The van der Waals surface area contributed by atoms with Gasteiger partial charge in [-0.2, -0.15) is 5.10 Å². The molecule has 1 aromatic heterocycles. The van der Waals surface area contributed by atoms with Crippen molar-refractivity contribution in [3.05, 3.63) is 42.2 Å². The molecule has 7 nitrogen and oxygen atoms in total. The molecule has 0 spiro atoms. The van der Waals surface area contributed by atoms with Gasteiger partial charge >= 0.3 is 6.03 Å². The number of rotatable bonds is 6. The van der Waals surface area contributed by atoms with Crippen molar-refractivity contribution < 1.29 is 9.53 Å². The highest BCUT2D eigenvalue weighted by molar-refractivity contribution is 5.74. The van der Waals surface area contributed by atoms with Crippen LogP contribution in [0, 0.1) is 5.92 Å². The maximum Gasteiger partial charge on any atom is 0.317 e. The number of hydrogen-bond acceptors (Lipinski definition) is 4. The van der Waals surface area contributed by atoms with Crippen LogP contribution in [-0.2, 0) is 0 Å². The van der Waals surface area contributed by atoms with E-state index in [2.05, 4.69) is 15.3 Å². The quantitative estimate of drug-likeness (QED) is 0.833. The molecule has 1 saturated heterocycles. The summed E-state index contributed by atoms with van der Waals surface area (Å²) in [6.45, 7) is 6.75. The van der Waals surface area contributed by atoms with Gasteiger partial charge in [0.2, 0.25) is 0 Å². The zero-order valence-electron chi connectivity index (χ0n) is 16.7. The molecule has 1 aromatic carbocycles. The molecule has 2 amide bonds. The second kappa shape index (κ2) is 8.22. The number of nitrogens with one attached hydrogen (secondary N) is 1. The predicted octanol–water partition coefficient (Wildman–Crippen LogP) is 2.68. The van der Waals surface area contributed by atoms with Gasteiger partial charge in [0.15, 0.2) is 0 Å². The van der Waals surface area contributed by atoms with E-state index >= 15 is 0 Å². The Bertz CT molecular complexity index is 809. The monoisotopic (exact) mass is 383 g/mol. The van der Waals surface area contributed by atoms with Crippen LogP contribution in [0.15, 0.2) is 36.7 Å². The number of piperazine rings is 1. The van der Waals surface area contributed by atoms with E-state index in [-0.39, 0.29) is 12.1 Å². The van der Waals surface area contributed by atoms with Crippen molar-refractivity contribution in [2.45, 2.75) is 25.8 Å². The number of urea groups is 1. The SMILES string of the molecule is COc1cccc(-n2cc(C(C)NC(=O)N3CCN(CC4CC4)CC3)cn2)c1. The molecule has 1 atom stereocenters. The fourth-order valence-electron chi connectivity index (χ4n) is 3.61. The van der Waals surface area contributed by atoms with Gasteiger partial charge in [0, 0.05) is 50.6 Å². The van der Waals surface area contributed by atoms with Crippen molar-refractivity contribution in [1.82, 2.24) is 24.9 Å². The smallest absolute Gasteiger partial charge is 0.317 e. The molecule has 0 bridgehead atoms. The fourth-order valence-corrected chi connectivity index (χ4v) is 3.61. The van der Waals surface area contributed by atoms with Gasteiger partial charge in [0.1, 0.15) is 5.75 Å². The van der Waals surface area contributed by atoms with E-state index in [1.165, 1.54) is 19.4 Å². The zero-order chi connectivity index (χ0) is 19.5. The molecule has 1 N–H and O–H groups in total. The summed E-state index contributed by atoms with van der Waals surface area (Å²) in [5, 5.41) is 7.55. The summed E-state index contributed by atoms with van der Waals surface area (Å²) < 4.78 is 7.08. The number of benzene rings is 1. The fraction of sp³-hybridized carbons (Fsp3) is 0.524. The highest BCUT2D eigenvalue weighted by atomic mass is 16.5. The van der Waals surface area contributed by atoms with E-state index in [0.717, 1.165) is 49.1 Å². The van der Waals surface area contributed by atoms with Crippen LogP contribution in [0.3, 0.4) is 0 Å². The Morgan fingerprint density at radius 2 is 2.07 bits per heavy atom. The average Bonchev–Trinajstić information content (AvgIpc) is 3.39. The van der Waals surface area contributed by atoms with Gasteiger partial charge in [0.05, 0.1) is 25.0 Å². The Balaban J connectivity index is 1.31. The number of carbonyl (C=O) groups is 1. The summed E-state index contributed by atoms with van der Waals surface area (Å²) in [5.41, 5.74) is 1.90. The maximum absolute atomic E-state index is 12.6. The largest absolute Gasteiger partial charge is 0.497 e. The minimum Gasteiger partial charge on any atom is -0.497 e. The average molecular weight is 383 g/mol. The topological polar surface area (TPSA) is 62.6 Å². The second-order valence-electron chi connectivity index (χ2n) is 7.82. The van der Waals surface area contributed by atoms with Gasteiger partial charge in [-0.15, -0.1) is 0 Å². The Hall–Kier alpha value is -2.54. The van der Waals surface area contributed by atoms with Gasteiger partial charge in [-0.3, -0.25) is 4.90 Å². The van der Waals surface area contributed by atoms with Crippen molar-refractivity contribution >= 4 is 6.03 Å². The number of amides is 2. The molecule has 4 rings (SSSR count). The first-order chi connectivity index (χ1) is 13.6. The number of methoxy groups -OCH3 is 1. The third-order valence-electron chi connectivity index (χ3n) is 5.63. The number of hydrogen-bond donors (Lipinski definition) is 1. The van der Waals surface area contributed by atoms with E-state index in [1.807, 2.05) is 42.3 Å². The summed E-state index contributed by atoms with van der Waals surface area (Å²) >= 11 is 0. The lowest BCUT2D eigenvalue weighted by Crippen LogP contribution is -2.52. The number of ether oxygens (including phenoxy) is 1. The molecular formula is C21H29N5O2. The lowest BCUT2D eigenvalue weighted by atomic mass is 10.2. The van der Waals surface area contributed by atoms with Crippen LogP contribution in [-0.4, -0.2) is 65.4 Å². The van der Waals surface area contributed by atoms with Crippen LogP contribution in [0.25, 0.3) is 5.69 Å². The molecule has 150 valence electrons. The minimum atomic E-state index is -0.101. The van der Waals surface area contributed by atoms with Crippen molar-refractivity contribution in [2.24, 2.45) is 5.92 Å². The molecule has 2 fully saturated rings. The van der Waals surface area contributed by atoms with Crippen LogP contribution in [0.5, 0.6) is 5.75 Å². The van der Waals surface area contributed by atoms with Gasteiger partial charge in [0.25, 0.3) is 0 Å². The summed E-state index contributed by atoms with van der Waals surface area (Å²) in [5.74, 6) is 1.69. The van der Waals surface area contributed by atoms with Crippen molar-refractivity contribution in [3.8, 4) is 11.4 Å². The van der Waals surface area contributed by atoms with Gasteiger partial charge in [-0.25, -0.2) is 9.48 Å². The van der Waals surface area contributed by atoms with E-state index in [0.29, 0.717) is 0 Å². The summed E-state index contributed by atoms with van der Waals surface area (Å²) in [6.07, 6.45) is 6.51. The highest BCUT2D eigenvalue weighted by Gasteiger charge is 2.28. The molecule has 0 radical (unpaired) electrons. The molecule has 28 heavy (non-hydrogen) atoms. The third-order valence-corrected chi connectivity index (χ3v) is 5.63. The molecule has 1 aliphatic carbocycles. The Kier molecular flexibility index (Phi) is 5.52. The second-order valence-corrected chi connectivity index (χ2v) is 7.82.